The Kier molecular flexibility index (Phi) is 2.91. The number of nitrogens with zero attached hydrogens (tertiary/aromatic N) is 1. The molecular formula is C14H14N2O. The van der Waals surface area contributed by atoms with Gasteiger partial charge in [-0.15, -0.1) is 0 Å². The lowest BCUT2D eigenvalue weighted by Gasteiger charge is -2.06. The van der Waals surface area contributed by atoms with Gasteiger partial charge in [0, 0.05) is 28.7 Å². The maximum Gasteiger partial charge on any atom is 0.195 e. The van der Waals surface area contributed by atoms with Crippen LogP contribution in [0, 0.1) is 13.8 Å². The number of benzene rings is 1. The van der Waals surface area contributed by atoms with E-state index >= 15 is 0 Å². The molecule has 0 fully saturated rings. The minimum absolute atomic E-state index is 0.0586. The Bertz CT molecular complexity index is 576. The number of anilines is 1. The normalized spacial score (nSPS) is 10.2. The first kappa shape index (κ1) is 11.3. The highest BCUT2D eigenvalue weighted by molar-refractivity contribution is 6.12. The number of nitrogens with two attached hydrogens (primary N) is 1. The summed E-state index contributed by atoms with van der Waals surface area (Å²) in [5, 5.41) is 0. The van der Waals surface area contributed by atoms with E-state index in [-0.39, 0.29) is 5.78 Å². The molecule has 0 saturated heterocycles. The van der Waals surface area contributed by atoms with Crippen LogP contribution in [0.3, 0.4) is 0 Å². The van der Waals surface area contributed by atoms with Crippen LogP contribution in [-0.2, 0) is 0 Å². The monoisotopic (exact) mass is 226 g/mol. The van der Waals surface area contributed by atoms with Crippen molar-refractivity contribution in [3.05, 3.63) is 58.9 Å². The summed E-state index contributed by atoms with van der Waals surface area (Å²) in [4.78, 5) is 16.3. The van der Waals surface area contributed by atoms with Crippen molar-refractivity contribution in [1.82, 2.24) is 4.98 Å². The zero-order valence-corrected chi connectivity index (χ0v) is 9.90. The van der Waals surface area contributed by atoms with E-state index in [9.17, 15) is 4.79 Å². The van der Waals surface area contributed by atoms with Crippen LogP contribution in [0.1, 0.15) is 27.2 Å². The Hall–Kier alpha value is -2.16. The molecule has 0 bridgehead atoms. The van der Waals surface area contributed by atoms with E-state index in [4.69, 9.17) is 5.73 Å². The van der Waals surface area contributed by atoms with Crippen molar-refractivity contribution in [2.75, 3.05) is 5.73 Å². The molecule has 3 heteroatoms. The van der Waals surface area contributed by atoms with Gasteiger partial charge in [-0.05, 0) is 38.1 Å². The van der Waals surface area contributed by atoms with Gasteiger partial charge in [-0.25, -0.2) is 0 Å². The van der Waals surface area contributed by atoms with Crippen LogP contribution in [-0.4, -0.2) is 10.8 Å². The van der Waals surface area contributed by atoms with Gasteiger partial charge in [0.2, 0.25) is 0 Å². The predicted molar refractivity (Wildman–Crippen MR) is 68.0 cm³/mol. The number of aromatic nitrogens is 1. The van der Waals surface area contributed by atoms with Crippen LogP contribution in [0.15, 0.2) is 36.5 Å². The molecule has 2 N–H and O–H groups in total. The van der Waals surface area contributed by atoms with Crippen LogP contribution in [0.2, 0.25) is 0 Å². The Morgan fingerprint density at radius 2 is 1.94 bits per heavy atom. The summed E-state index contributed by atoms with van der Waals surface area (Å²) in [6, 6.07) is 8.94. The molecule has 0 atom stereocenters. The molecule has 1 aromatic carbocycles. The summed E-state index contributed by atoms with van der Waals surface area (Å²) in [5.74, 6) is -0.0586. The second kappa shape index (κ2) is 4.37. The first-order chi connectivity index (χ1) is 8.08. The molecule has 3 nitrogen and oxygen atoms in total. The largest absolute Gasteiger partial charge is 0.398 e. The summed E-state index contributed by atoms with van der Waals surface area (Å²) < 4.78 is 0. The molecule has 86 valence electrons. The van der Waals surface area contributed by atoms with Gasteiger partial charge in [0.05, 0.1) is 0 Å². The third kappa shape index (κ3) is 2.33. The zero-order valence-electron chi connectivity index (χ0n) is 9.90. The number of pyridine rings is 1. The topological polar surface area (TPSA) is 56.0 Å². The third-order valence-electron chi connectivity index (χ3n) is 2.61. The highest BCUT2D eigenvalue weighted by Crippen LogP contribution is 2.18. The van der Waals surface area contributed by atoms with E-state index in [1.807, 2.05) is 26.0 Å². The molecule has 1 aromatic heterocycles. The van der Waals surface area contributed by atoms with E-state index in [0.29, 0.717) is 16.8 Å². The molecule has 0 amide bonds. The minimum atomic E-state index is -0.0586. The molecule has 1 heterocycles. The lowest BCUT2D eigenvalue weighted by molar-refractivity contribution is 0.103. The van der Waals surface area contributed by atoms with Crippen LogP contribution < -0.4 is 5.73 Å². The van der Waals surface area contributed by atoms with Gasteiger partial charge in [-0.2, -0.15) is 0 Å². The number of hydrogen-bond acceptors (Lipinski definition) is 3. The number of nitrogen functional groups attached to an aromatic ring is 1. The summed E-state index contributed by atoms with van der Waals surface area (Å²) >= 11 is 0. The summed E-state index contributed by atoms with van der Waals surface area (Å²) in [6.45, 7) is 3.80. The van der Waals surface area contributed by atoms with Crippen molar-refractivity contribution in [3.63, 3.8) is 0 Å². The Morgan fingerprint density at radius 3 is 2.65 bits per heavy atom. The fourth-order valence-corrected chi connectivity index (χ4v) is 1.71. The Labute approximate surface area is 100 Å². The number of carbonyl (C=O) groups is 1. The molecule has 0 spiro atoms. The SMILES string of the molecule is Cc1ccc(N)c(C(=O)c2ccnc(C)c2)c1. The lowest BCUT2D eigenvalue weighted by atomic mass is 10.0. The molecule has 0 aliphatic rings. The summed E-state index contributed by atoms with van der Waals surface area (Å²) in [7, 11) is 0. The van der Waals surface area contributed by atoms with Crippen LogP contribution >= 0.6 is 0 Å². The van der Waals surface area contributed by atoms with Crippen molar-refractivity contribution < 1.29 is 4.79 Å². The van der Waals surface area contributed by atoms with Gasteiger partial charge in [0.25, 0.3) is 0 Å². The van der Waals surface area contributed by atoms with E-state index in [1.165, 1.54) is 0 Å². The minimum Gasteiger partial charge on any atom is -0.398 e. The highest BCUT2D eigenvalue weighted by atomic mass is 16.1. The number of ketones is 1. The van der Waals surface area contributed by atoms with Crippen LogP contribution in [0.25, 0.3) is 0 Å². The maximum absolute atomic E-state index is 12.3. The fraction of sp³-hybridized carbons (Fsp3) is 0.143. The number of rotatable bonds is 2. The standard InChI is InChI=1S/C14H14N2O/c1-9-3-4-13(15)12(7-9)14(17)11-5-6-16-10(2)8-11/h3-8H,15H2,1-2H3. The van der Waals surface area contributed by atoms with Gasteiger partial charge < -0.3 is 5.73 Å². The number of aryl methyl sites for hydroxylation is 2. The second-order valence-electron chi connectivity index (χ2n) is 4.11. The molecule has 2 aromatic rings. The quantitative estimate of drug-likeness (QED) is 0.632. The molecule has 0 aliphatic heterocycles. The Morgan fingerprint density at radius 1 is 1.18 bits per heavy atom. The van der Waals surface area contributed by atoms with Crippen LogP contribution in [0.4, 0.5) is 5.69 Å². The molecule has 0 saturated carbocycles. The molecule has 2 rings (SSSR count). The smallest absolute Gasteiger partial charge is 0.195 e. The van der Waals surface area contributed by atoms with Crippen molar-refractivity contribution in [2.24, 2.45) is 0 Å². The maximum atomic E-state index is 12.3. The van der Waals surface area contributed by atoms with E-state index in [2.05, 4.69) is 4.98 Å². The molecule has 0 radical (unpaired) electrons. The first-order valence-electron chi connectivity index (χ1n) is 5.41. The van der Waals surface area contributed by atoms with Gasteiger partial charge in [-0.3, -0.25) is 9.78 Å². The van der Waals surface area contributed by atoms with Crippen molar-refractivity contribution in [1.29, 1.82) is 0 Å². The summed E-state index contributed by atoms with van der Waals surface area (Å²) in [6.07, 6.45) is 1.63. The van der Waals surface area contributed by atoms with Gasteiger partial charge >= 0.3 is 0 Å². The second-order valence-corrected chi connectivity index (χ2v) is 4.11. The van der Waals surface area contributed by atoms with E-state index in [0.717, 1.165) is 11.3 Å². The fourth-order valence-electron chi connectivity index (χ4n) is 1.71. The van der Waals surface area contributed by atoms with Crippen LogP contribution in [0.5, 0.6) is 0 Å². The predicted octanol–water partition coefficient (Wildman–Crippen LogP) is 2.51. The molecule has 0 unspecified atom stereocenters. The molecule has 17 heavy (non-hydrogen) atoms. The van der Waals surface area contributed by atoms with Gasteiger partial charge in [-0.1, -0.05) is 11.6 Å². The number of carbonyl (C=O) groups excluding carboxylic acids is 1. The highest BCUT2D eigenvalue weighted by Gasteiger charge is 2.12. The first-order valence-corrected chi connectivity index (χ1v) is 5.41. The van der Waals surface area contributed by atoms with E-state index in [1.54, 1.807) is 24.4 Å². The number of hydrogen-bond donors (Lipinski definition) is 1. The molecule has 0 aliphatic carbocycles. The summed E-state index contributed by atoms with van der Waals surface area (Å²) in [5.41, 5.74) is 9.35. The van der Waals surface area contributed by atoms with Crippen molar-refractivity contribution in [2.45, 2.75) is 13.8 Å². The average molecular weight is 226 g/mol. The Balaban J connectivity index is 2.47. The lowest BCUT2D eigenvalue weighted by Crippen LogP contribution is -2.06. The molecular weight excluding hydrogens is 212 g/mol. The van der Waals surface area contributed by atoms with Gasteiger partial charge in [0.1, 0.15) is 0 Å². The van der Waals surface area contributed by atoms with Crippen molar-refractivity contribution in [3.8, 4) is 0 Å². The van der Waals surface area contributed by atoms with E-state index < -0.39 is 0 Å². The van der Waals surface area contributed by atoms with Gasteiger partial charge in [0.15, 0.2) is 5.78 Å². The average Bonchev–Trinajstić information content (AvgIpc) is 2.31. The third-order valence-corrected chi connectivity index (χ3v) is 2.61. The van der Waals surface area contributed by atoms with Crippen molar-refractivity contribution >= 4 is 11.5 Å². The zero-order chi connectivity index (χ0) is 12.4.